The van der Waals surface area contributed by atoms with Crippen molar-refractivity contribution in [2.45, 2.75) is 31.6 Å². The van der Waals surface area contributed by atoms with Crippen molar-refractivity contribution in [1.82, 2.24) is 0 Å². The fourth-order valence-electron chi connectivity index (χ4n) is 2.21. The van der Waals surface area contributed by atoms with Gasteiger partial charge >= 0.3 is 0 Å². The van der Waals surface area contributed by atoms with E-state index in [-0.39, 0.29) is 16.4 Å². The first-order chi connectivity index (χ1) is 9.25. The molecule has 2 N–H and O–H groups in total. The predicted molar refractivity (Wildman–Crippen MR) is 82.5 cm³/mol. The molecule has 5 nitrogen and oxygen atoms in total. The number of hydrogen-bond acceptors (Lipinski definition) is 6. The van der Waals surface area contributed by atoms with Crippen LogP contribution in [0.25, 0.3) is 0 Å². The summed E-state index contributed by atoms with van der Waals surface area (Å²) >= 11 is 1.20. The van der Waals surface area contributed by atoms with Gasteiger partial charge in [-0.2, -0.15) is 0 Å². The first kappa shape index (κ1) is 15.3. The summed E-state index contributed by atoms with van der Waals surface area (Å²) in [6.45, 7) is 4.93. The van der Waals surface area contributed by atoms with E-state index < -0.39 is 9.84 Å². The smallest absolute Gasteiger partial charge is 0.180 e. The minimum Gasteiger partial charge on any atom is -0.396 e. The lowest BCUT2D eigenvalue weighted by atomic mass is 10.3. The van der Waals surface area contributed by atoms with Gasteiger partial charge in [-0.05, 0) is 25.7 Å². The lowest BCUT2D eigenvalue weighted by molar-refractivity contribution is 0.102. The number of ketones is 1. The summed E-state index contributed by atoms with van der Waals surface area (Å²) < 4.78 is 24.0. The van der Waals surface area contributed by atoms with Crippen molar-refractivity contribution in [2.24, 2.45) is 5.92 Å². The molecule has 0 radical (unpaired) electrons. The molecular formula is C13H20N2O3S2. The second-order valence-electron chi connectivity index (χ2n) is 5.29. The third-order valence-corrected chi connectivity index (χ3v) is 6.07. The average molecular weight is 316 g/mol. The molecule has 2 rings (SSSR count). The normalized spacial score (nSPS) is 15.3. The second kappa shape index (κ2) is 5.37. The number of carbonyl (C=O) groups excluding carboxylic acids is 1. The number of nitrogen functional groups attached to an aromatic ring is 1. The molecule has 0 aromatic carbocycles. The van der Waals surface area contributed by atoms with Crippen LogP contribution in [0.1, 0.15) is 36.4 Å². The van der Waals surface area contributed by atoms with Crippen LogP contribution in [-0.2, 0) is 9.84 Å². The molecule has 1 saturated carbocycles. The van der Waals surface area contributed by atoms with Crippen LogP contribution in [0.5, 0.6) is 0 Å². The second-order valence-corrected chi connectivity index (χ2v) is 8.24. The van der Waals surface area contributed by atoms with Gasteiger partial charge in [0.2, 0.25) is 0 Å². The number of carbonyl (C=O) groups is 1. The molecule has 1 aliphatic rings. The molecule has 1 aromatic heterocycles. The molecule has 7 heteroatoms. The van der Waals surface area contributed by atoms with Gasteiger partial charge in [-0.1, -0.05) is 0 Å². The van der Waals surface area contributed by atoms with Gasteiger partial charge in [0.15, 0.2) is 15.6 Å². The highest BCUT2D eigenvalue weighted by molar-refractivity contribution is 7.91. The summed E-state index contributed by atoms with van der Waals surface area (Å²) in [5.74, 6) is 0.442. The van der Waals surface area contributed by atoms with Crippen molar-refractivity contribution < 1.29 is 13.2 Å². The Labute approximate surface area is 123 Å². The lowest BCUT2D eigenvalue weighted by Gasteiger charge is -2.22. The maximum absolute atomic E-state index is 12.0. The average Bonchev–Trinajstić information content (AvgIpc) is 3.06. The van der Waals surface area contributed by atoms with Crippen molar-refractivity contribution in [3.05, 3.63) is 4.88 Å². The third kappa shape index (κ3) is 2.98. The van der Waals surface area contributed by atoms with Gasteiger partial charge < -0.3 is 10.6 Å². The minimum atomic E-state index is -3.46. The zero-order chi connectivity index (χ0) is 15.1. The van der Waals surface area contributed by atoms with Crippen LogP contribution in [0.4, 0.5) is 10.7 Å². The van der Waals surface area contributed by atoms with Gasteiger partial charge in [0.05, 0.1) is 10.6 Å². The van der Waals surface area contributed by atoms with Crippen molar-refractivity contribution >= 4 is 37.6 Å². The summed E-state index contributed by atoms with van der Waals surface area (Å²) in [5.41, 5.74) is 6.02. The van der Waals surface area contributed by atoms with Crippen molar-refractivity contribution in [1.29, 1.82) is 0 Å². The summed E-state index contributed by atoms with van der Waals surface area (Å²) in [5, 5.41) is 0.615. The first-order valence-electron chi connectivity index (χ1n) is 6.63. The number of nitrogens with two attached hydrogens (primary N) is 1. The third-order valence-electron chi connectivity index (χ3n) is 3.42. The van der Waals surface area contributed by atoms with E-state index in [9.17, 15) is 13.2 Å². The summed E-state index contributed by atoms with van der Waals surface area (Å²) in [6, 6.07) is 0. The highest BCUT2D eigenvalue weighted by Crippen LogP contribution is 2.43. The number of rotatable bonds is 6. The van der Waals surface area contributed by atoms with Crippen molar-refractivity contribution in [2.75, 3.05) is 30.0 Å². The Hall–Kier alpha value is -1.08. The Kier molecular flexibility index (Phi) is 4.11. The fourth-order valence-corrected chi connectivity index (χ4v) is 4.89. The van der Waals surface area contributed by atoms with E-state index in [0.717, 1.165) is 12.8 Å². The molecule has 0 atom stereocenters. The Balaban J connectivity index is 2.54. The highest BCUT2D eigenvalue weighted by atomic mass is 32.2. The van der Waals surface area contributed by atoms with Crippen LogP contribution in [0.3, 0.4) is 0 Å². The molecule has 1 aromatic rings. The highest BCUT2D eigenvalue weighted by Gasteiger charge is 2.31. The zero-order valence-corrected chi connectivity index (χ0v) is 13.6. The number of thiophene rings is 1. The number of Topliss-reactive ketones (excluding diaryl/α,β-unsaturated/α-hetero) is 1. The molecule has 0 aliphatic heterocycles. The van der Waals surface area contributed by atoms with Crippen LogP contribution >= 0.6 is 11.3 Å². The van der Waals surface area contributed by atoms with Crippen LogP contribution in [0.15, 0.2) is 4.90 Å². The van der Waals surface area contributed by atoms with Gasteiger partial charge in [-0.3, -0.25) is 4.79 Å². The zero-order valence-electron chi connectivity index (χ0n) is 12.0. The molecule has 0 unspecified atom stereocenters. The van der Waals surface area contributed by atoms with Crippen molar-refractivity contribution in [3.63, 3.8) is 0 Å². The number of anilines is 2. The largest absolute Gasteiger partial charge is 0.396 e. The van der Waals surface area contributed by atoms with Gasteiger partial charge in [0, 0.05) is 26.3 Å². The predicted octanol–water partition coefficient (Wildman–Crippen LogP) is 2.17. The molecule has 0 saturated heterocycles. The van der Waals surface area contributed by atoms with E-state index in [2.05, 4.69) is 0 Å². The first-order valence-corrected chi connectivity index (χ1v) is 9.34. The van der Waals surface area contributed by atoms with E-state index in [1.165, 1.54) is 31.1 Å². The molecule has 0 spiro atoms. The van der Waals surface area contributed by atoms with Gasteiger partial charge in [-0.25, -0.2) is 8.42 Å². The van der Waals surface area contributed by atoms with E-state index in [1.807, 2.05) is 11.8 Å². The van der Waals surface area contributed by atoms with E-state index in [1.54, 1.807) is 0 Å². The molecular weight excluding hydrogens is 296 g/mol. The quantitative estimate of drug-likeness (QED) is 0.814. The molecule has 0 bridgehead atoms. The van der Waals surface area contributed by atoms with Gasteiger partial charge in [-0.15, -0.1) is 11.3 Å². The molecule has 0 amide bonds. The Morgan fingerprint density at radius 2 is 2.05 bits per heavy atom. The van der Waals surface area contributed by atoms with E-state index in [0.29, 0.717) is 22.3 Å². The standard InChI is InChI=1S/C13H20N2O3S2/c1-4-15(7-9-5-6-9)13-12(20(3,17)18)10(14)11(19-13)8(2)16/h9H,4-7,14H2,1-3H3. The number of hydrogen-bond donors (Lipinski definition) is 1. The Morgan fingerprint density at radius 3 is 2.45 bits per heavy atom. The minimum absolute atomic E-state index is 0.106. The lowest BCUT2D eigenvalue weighted by Crippen LogP contribution is -2.25. The van der Waals surface area contributed by atoms with E-state index >= 15 is 0 Å². The monoisotopic (exact) mass is 316 g/mol. The molecule has 20 heavy (non-hydrogen) atoms. The van der Waals surface area contributed by atoms with E-state index in [4.69, 9.17) is 5.73 Å². The molecule has 1 aliphatic carbocycles. The Morgan fingerprint density at radius 1 is 1.45 bits per heavy atom. The topological polar surface area (TPSA) is 80.5 Å². The SMILES string of the molecule is CCN(CC1CC1)c1sc(C(C)=O)c(N)c1S(C)(=O)=O. The molecule has 1 heterocycles. The number of sulfone groups is 1. The van der Waals surface area contributed by atoms with Crippen molar-refractivity contribution in [3.8, 4) is 0 Å². The van der Waals surface area contributed by atoms with Crippen LogP contribution in [0, 0.1) is 5.92 Å². The van der Waals surface area contributed by atoms with Gasteiger partial charge in [0.25, 0.3) is 0 Å². The molecule has 112 valence electrons. The summed E-state index contributed by atoms with van der Waals surface area (Å²) in [6.07, 6.45) is 3.51. The van der Waals surface area contributed by atoms with Crippen LogP contribution in [0.2, 0.25) is 0 Å². The fraction of sp³-hybridized carbons (Fsp3) is 0.615. The van der Waals surface area contributed by atoms with Crippen LogP contribution < -0.4 is 10.6 Å². The summed E-state index contributed by atoms with van der Waals surface area (Å²) in [7, 11) is -3.46. The van der Waals surface area contributed by atoms with Crippen LogP contribution in [-0.4, -0.2) is 33.5 Å². The van der Waals surface area contributed by atoms with Gasteiger partial charge in [0.1, 0.15) is 9.90 Å². The maximum Gasteiger partial charge on any atom is 0.180 e. The Bertz CT molecular complexity index is 630. The molecule has 1 fully saturated rings. The maximum atomic E-state index is 12.0. The number of nitrogens with zero attached hydrogens (tertiary/aromatic N) is 1. The summed E-state index contributed by atoms with van der Waals surface area (Å²) in [4.78, 5) is 14.1.